The molecule has 0 amide bonds. The van der Waals surface area contributed by atoms with E-state index in [1.807, 2.05) is 25.1 Å². The molecule has 1 heterocycles. The van der Waals surface area contributed by atoms with Crippen LogP contribution in [-0.2, 0) is 38.6 Å². The number of carbonyl (C=O) groups is 1. The van der Waals surface area contributed by atoms with Gasteiger partial charge in [-0.2, -0.15) is 0 Å². The molecule has 4 aromatic rings. The van der Waals surface area contributed by atoms with Crippen LogP contribution in [0.3, 0.4) is 0 Å². The van der Waals surface area contributed by atoms with Gasteiger partial charge in [0.05, 0.1) is 27.4 Å². The van der Waals surface area contributed by atoms with Crippen molar-refractivity contribution >= 4 is 16.7 Å². The van der Waals surface area contributed by atoms with Crippen molar-refractivity contribution in [3.63, 3.8) is 0 Å². The summed E-state index contributed by atoms with van der Waals surface area (Å²) in [6, 6.07) is 25.0. The Balaban J connectivity index is 1.35. The number of methoxy groups -OCH3 is 2. The topological polar surface area (TPSA) is 58.9 Å². The lowest BCUT2D eigenvalue weighted by Gasteiger charge is -2.15. The van der Waals surface area contributed by atoms with E-state index in [9.17, 15) is 4.79 Å². The fraction of sp³-hybridized carbons (Fsp3) is 0.323. The molecule has 0 aliphatic rings. The summed E-state index contributed by atoms with van der Waals surface area (Å²) in [4.78, 5) is 12.0. The molecule has 194 valence electrons. The molecule has 0 bridgehead atoms. The van der Waals surface area contributed by atoms with Gasteiger partial charge in [0.2, 0.25) is 0 Å². The van der Waals surface area contributed by atoms with Crippen LogP contribution >= 0.6 is 0 Å². The van der Waals surface area contributed by atoms with Crippen LogP contribution in [0.1, 0.15) is 23.7 Å². The second kappa shape index (κ2) is 12.6. The lowest BCUT2D eigenvalue weighted by atomic mass is 10.0. The highest BCUT2D eigenvalue weighted by Gasteiger charge is 2.20. The van der Waals surface area contributed by atoms with Crippen molar-refractivity contribution in [2.75, 3.05) is 27.4 Å². The molecule has 3 aromatic carbocycles. The maximum absolute atomic E-state index is 12.0. The van der Waals surface area contributed by atoms with E-state index in [1.165, 1.54) is 18.5 Å². The number of benzene rings is 3. The Labute approximate surface area is 218 Å². The lowest BCUT2D eigenvalue weighted by Crippen LogP contribution is -2.28. The largest absolute Gasteiger partial charge is 0.497 e. The van der Waals surface area contributed by atoms with Crippen molar-refractivity contribution in [2.24, 2.45) is 0 Å². The van der Waals surface area contributed by atoms with Crippen molar-refractivity contribution in [3.8, 4) is 17.0 Å². The molecule has 1 unspecified atom stereocenters. The summed E-state index contributed by atoms with van der Waals surface area (Å²) in [5.74, 6) is 0.505. The minimum atomic E-state index is -0.589. The van der Waals surface area contributed by atoms with Crippen molar-refractivity contribution in [1.82, 2.24) is 4.57 Å². The van der Waals surface area contributed by atoms with Crippen molar-refractivity contribution in [1.29, 1.82) is 0 Å². The first-order valence-corrected chi connectivity index (χ1v) is 12.6. The summed E-state index contributed by atoms with van der Waals surface area (Å²) in [5.41, 5.74) is 5.69. The quantitative estimate of drug-likeness (QED) is 0.177. The zero-order valence-corrected chi connectivity index (χ0v) is 22.0. The summed E-state index contributed by atoms with van der Waals surface area (Å²) in [6.45, 7) is 6.39. The molecule has 4 rings (SSSR count). The number of aryl methyl sites for hydroxylation is 1. The van der Waals surface area contributed by atoms with E-state index < -0.39 is 6.10 Å². The number of ether oxygens (including phenoxy) is 4. The second-order valence-corrected chi connectivity index (χ2v) is 8.98. The van der Waals surface area contributed by atoms with Crippen molar-refractivity contribution in [3.05, 3.63) is 89.6 Å². The van der Waals surface area contributed by atoms with Crippen LogP contribution in [-0.4, -0.2) is 44.1 Å². The Morgan fingerprint density at radius 2 is 1.59 bits per heavy atom. The average Bonchev–Trinajstić information content (AvgIpc) is 3.30. The Kier molecular flexibility index (Phi) is 8.99. The molecule has 37 heavy (non-hydrogen) atoms. The molecule has 0 radical (unpaired) electrons. The van der Waals surface area contributed by atoms with Gasteiger partial charge in [-0.25, -0.2) is 4.79 Å². The van der Waals surface area contributed by atoms with Crippen LogP contribution in [0.5, 0.6) is 5.75 Å². The predicted octanol–water partition coefficient (Wildman–Crippen LogP) is 5.96. The van der Waals surface area contributed by atoms with Gasteiger partial charge in [-0.1, -0.05) is 30.3 Å². The zero-order valence-electron chi connectivity index (χ0n) is 22.0. The lowest BCUT2D eigenvalue weighted by molar-refractivity contribution is -0.153. The van der Waals surface area contributed by atoms with Crippen molar-refractivity contribution in [2.45, 2.75) is 39.5 Å². The monoisotopic (exact) mass is 501 g/mol. The van der Waals surface area contributed by atoms with E-state index in [0.29, 0.717) is 26.2 Å². The second-order valence-electron chi connectivity index (χ2n) is 8.98. The molecule has 0 aliphatic carbocycles. The van der Waals surface area contributed by atoms with Crippen molar-refractivity contribution < 1.29 is 23.7 Å². The third-order valence-electron chi connectivity index (χ3n) is 6.53. The van der Waals surface area contributed by atoms with Gasteiger partial charge in [-0.05, 0) is 83.8 Å². The number of nitrogens with zero attached hydrogens (tertiary/aromatic N) is 1. The molecular weight excluding hydrogens is 466 g/mol. The van der Waals surface area contributed by atoms with Crippen LogP contribution in [0.25, 0.3) is 22.0 Å². The van der Waals surface area contributed by atoms with E-state index in [-0.39, 0.29) is 5.97 Å². The zero-order chi connectivity index (χ0) is 26.2. The van der Waals surface area contributed by atoms with Gasteiger partial charge in [0, 0.05) is 31.0 Å². The summed E-state index contributed by atoms with van der Waals surface area (Å²) in [5, 5.41) is 2.26. The Hall–Kier alpha value is -3.61. The molecule has 0 saturated heterocycles. The molecule has 1 aromatic heterocycles. The van der Waals surface area contributed by atoms with E-state index >= 15 is 0 Å². The molecule has 0 fully saturated rings. The van der Waals surface area contributed by atoms with Gasteiger partial charge in [0.15, 0.2) is 6.10 Å². The van der Waals surface area contributed by atoms with Gasteiger partial charge in [0.1, 0.15) is 5.75 Å². The van der Waals surface area contributed by atoms with Crippen LogP contribution in [0.2, 0.25) is 0 Å². The number of carbonyl (C=O) groups excluding carboxylic acids is 1. The van der Waals surface area contributed by atoms with E-state index in [0.717, 1.165) is 39.8 Å². The molecule has 0 saturated carbocycles. The highest BCUT2D eigenvalue weighted by Crippen LogP contribution is 2.25. The number of esters is 1. The molecule has 0 N–H and O–H groups in total. The van der Waals surface area contributed by atoms with E-state index in [1.54, 1.807) is 7.11 Å². The number of aromatic nitrogens is 1. The van der Waals surface area contributed by atoms with E-state index in [4.69, 9.17) is 18.9 Å². The van der Waals surface area contributed by atoms with Gasteiger partial charge in [-0.3, -0.25) is 0 Å². The summed E-state index contributed by atoms with van der Waals surface area (Å²) < 4.78 is 24.1. The first-order chi connectivity index (χ1) is 18.0. The number of rotatable bonds is 12. The van der Waals surface area contributed by atoms with E-state index in [2.05, 4.69) is 66.1 Å². The third-order valence-corrected chi connectivity index (χ3v) is 6.53. The molecule has 6 heteroatoms. The smallest absolute Gasteiger partial charge is 0.335 e. The fourth-order valence-electron chi connectivity index (χ4n) is 4.54. The summed E-state index contributed by atoms with van der Waals surface area (Å²) >= 11 is 0. The standard InChI is InChI=1S/C31H35NO5/c1-5-37-30(31(33)35-4)20-23-7-9-27-19-24(8-10-26(27)18-23)21-36-17-16-32-22(2)6-15-29(32)25-11-13-28(34-3)14-12-25/h6-15,18-19,30H,5,16-17,20-21H2,1-4H3. The first-order valence-electron chi connectivity index (χ1n) is 12.6. The van der Waals surface area contributed by atoms with Crippen LogP contribution in [0.4, 0.5) is 0 Å². The van der Waals surface area contributed by atoms with Crippen LogP contribution < -0.4 is 4.74 Å². The van der Waals surface area contributed by atoms with Gasteiger partial charge in [-0.15, -0.1) is 0 Å². The maximum atomic E-state index is 12.0. The summed E-state index contributed by atoms with van der Waals surface area (Å²) in [6.07, 6.45) is -0.104. The molecule has 0 spiro atoms. The number of fused-ring (bicyclic) bond motifs is 1. The van der Waals surface area contributed by atoms with Crippen LogP contribution in [0.15, 0.2) is 72.8 Å². The van der Waals surface area contributed by atoms with Crippen LogP contribution in [0, 0.1) is 6.92 Å². The number of hydrogen-bond acceptors (Lipinski definition) is 5. The highest BCUT2D eigenvalue weighted by molar-refractivity contribution is 5.84. The fourth-order valence-corrected chi connectivity index (χ4v) is 4.54. The molecule has 1 atom stereocenters. The molecular formula is C31H35NO5. The summed E-state index contributed by atoms with van der Waals surface area (Å²) in [7, 11) is 3.07. The Morgan fingerprint density at radius 1 is 0.892 bits per heavy atom. The Bertz CT molecular complexity index is 1330. The van der Waals surface area contributed by atoms with Gasteiger partial charge in [0.25, 0.3) is 0 Å². The Morgan fingerprint density at radius 3 is 2.27 bits per heavy atom. The number of hydrogen-bond donors (Lipinski definition) is 0. The first kappa shape index (κ1) is 26.5. The normalized spacial score (nSPS) is 12.0. The molecule has 0 aliphatic heterocycles. The maximum Gasteiger partial charge on any atom is 0.335 e. The average molecular weight is 502 g/mol. The highest BCUT2D eigenvalue weighted by atomic mass is 16.6. The third kappa shape index (κ3) is 6.59. The minimum absolute atomic E-state index is 0.347. The van der Waals surface area contributed by atoms with Gasteiger partial charge < -0.3 is 23.5 Å². The predicted molar refractivity (Wildman–Crippen MR) is 146 cm³/mol. The SMILES string of the molecule is CCOC(Cc1ccc2cc(COCCn3c(C)ccc3-c3ccc(OC)cc3)ccc2c1)C(=O)OC. The minimum Gasteiger partial charge on any atom is -0.497 e. The molecule has 6 nitrogen and oxygen atoms in total. The van der Waals surface area contributed by atoms with Gasteiger partial charge >= 0.3 is 5.97 Å².